The second-order valence-electron chi connectivity index (χ2n) is 2.51. The minimum absolute atomic E-state index is 0.181. The Kier molecular flexibility index (Phi) is 5.47. The molecule has 0 heterocycles. The zero-order valence-corrected chi connectivity index (χ0v) is 6.71. The largest absolute Gasteiger partial charge is 0.478 e. The van der Waals surface area contributed by atoms with Crippen LogP contribution in [-0.4, -0.2) is 22.8 Å². The summed E-state index contributed by atoms with van der Waals surface area (Å²) in [6.45, 7) is 1.96. The topological polar surface area (TPSA) is 57.5 Å². The molecule has 0 saturated heterocycles. The van der Waals surface area contributed by atoms with Crippen molar-refractivity contribution in [2.24, 2.45) is 0 Å². The second kappa shape index (κ2) is 5.92. The summed E-state index contributed by atoms with van der Waals surface area (Å²) >= 11 is 0. The van der Waals surface area contributed by atoms with E-state index in [9.17, 15) is 4.79 Å². The number of carboxylic acid groups (broad SMARTS) is 1. The number of hydrogen-bond donors (Lipinski definition) is 2. The molecule has 0 spiro atoms. The van der Waals surface area contributed by atoms with E-state index in [0.717, 1.165) is 24.8 Å². The fraction of sp³-hybridized carbons (Fsp3) is 0.625. The van der Waals surface area contributed by atoms with E-state index < -0.39 is 5.97 Å². The lowest BCUT2D eigenvalue weighted by atomic mass is 10.1. The van der Waals surface area contributed by atoms with Gasteiger partial charge >= 0.3 is 5.97 Å². The van der Waals surface area contributed by atoms with Crippen molar-refractivity contribution in [3.63, 3.8) is 0 Å². The number of rotatable bonds is 5. The van der Waals surface area contributed by atoms with Gasteiger partial charge in [-0.05, 0) is 26.2 Å². The molecule has 11 heavy (non-hydrogen) atoms. The third kappa shape index (κ3) is 7.06. The van der Waals surface area contributed by atoms with Crippen LogP contribution in [0.1, 0.15) is 26.2 Å². The summed E-state index contributed by atoms with van der Waals surface area (Å²) < 4.78 is 0. The van der Waals surface area contributed by atoms with Crippen LogP contribution in [0.5, 0.6) is 0 Å². The number of carboxylic acids is 1. The van der Waals surface area contributed by atoms with Crippen molar-refractivity contribution in [1.82, 2.24) is 0 Å². The summed E-state index contributed by atoms with van der Waals surface area (Å²) in [4.78, 5) is 10.1. The molecular weight excluding hydrogens is 144 g/mol. The van der Waals surface area contributed by atoms with Crippen molar-refractivity contribution in [2.45, 2.75) is 26.2 Å². The molecule has 0 rings (SSSR count). The minimum Gasteiger partial charge on any atom is -0.478 e. The molecule has 2 N–H and O–H groups in total. The first-order valence-electron chi connectivity index (χ1n) is 3.67. The van der Waals surface area contributed by atoms with Crippen LogP contribution in [-0.2, 0) is 4.79 Å². The van der Waals surface area contributed by atoms with Gasteiger partial charge in [0.15, 0.2) is 0 Å². The summed E-state index contributed by atoms with van der Waals surface area (Å²) in [5.74, 6) is -0.897. The zero-order chi connectivity index (χ0) is 8.69. The van der Waals surface area contributed by atoms with Gasteiger partial charge in [-0.25, -0.2) is 4.79 Å². The van der Waals surface area contributed by atoms with Crippen molar-refractivity contribution < 1.29 is 15.0 Å². The summed E-state index contributed by atoms with van der Waals surface area (Å²) in [7, 11) is 0. The van der Waals surface area contributed by atoms with Crippen molar-refractivity contribution in [3.05, 3.63) is 11.6 Å². The number of hydrogen-bond acceptors (Lipinski definition) is 2. The van der Waals surface area contributed by atoms with Gasteiger partial charge in [-0.15, -0.1) is 0 Å². The van der Waals surface area contributed by atoms with Gasteiger partial charge in [-0.1, -0.05) is 5.57 Å². The smallest absolute Gasteiger partial charge is 0.328 e. The maximum atomic E-state index is 10.1. The molecule has 0 aromatic carbocycles. The van der Waals surface area contributed by atoms with Gasteiger partial charge in [0.1, 0.15) is 0 Å². The highest BCUT2D eigenvalue weighted by molar-refractivity contribution is 5.80. The Hall–Kier alpha value is -0.830. The Labute approximate surface area is 66.4 Å². The van der Waals surface area contributed by atoms with Gasteiger partial charge in [0.2, 0.25) is 0 Å². The Bertz CT molecular complexity index is 149. The normalized spacial score (nSPS) is 11.6. The zero-order valence-electron chi connectivity index (χ0n) is 6.71. The van der Waals surface area contributed by atoms with Crippen LogP contribution in [0.4, 0.5) is 0 Å². The van der Waals surface area contributed by atoms with E-state index in [1.807, 2.05) is 0 Å². The van der Waals surface area contributed by atoms with Crippen molar-refractivity contribution in [1.29, 1.82) is 0 Å². The monoisotopic (exact) mass is 158 g/mol. The number of aliphatic carboxylic acids is 1. The van der Waals surface area contributed by atoms with Crippen molar-refractivity contribution >= 4 is 5.97 Å². The maximum absolute atomic E-state index is 10.1. The number of allylic oxidation sites excluding steroid dienone is 1. The summed E-state index contributed by atoms with van der Waals surface area (Å²) in [6.07, 6.45) is 3.56. The first-order valence-corrected chi connectivity index (χ1v) is 3.67. The maximum Gasteiger partial charge on any atom is 0.328 e. The number of aliphatic hydroxyl groups excluding tert-OH is 1. The third-order valence-corrected chi connectivity index (χ3v) is 1.35. The Morgan fingerprint density at radius 1 is 1.45 bits per heavy atom. The highest BCUT2D eigenvalue weighted by atomic mass is 16.4. The predicted molar refractivity (Wildman–Crippen MR) is 42.3 cm³/mol. The van der Waals surface area contributed by atoms with Crippen LogP contribution in [0.15, 0.2) is 11.6 Å². The minimum atomic E-state index is -0.897. The fourth-order valence-corrected chi connectivity index (χ4v) is 0.799. The number of carbonyl (C=O) groups is 1. The molecule has 0 bridgehead atoms. The van der Waals surface area contributed by atoms with Gasteiger partial charge in [0.05, 0.1) is 0 Å². The molecule has 0 aromatic rings. The fourth-order valence-electron chi connectivity index (χ4n) is 0.799. The average molecular weight is 158 g/mol. The Morgan fingerprint density at radius 3 is 2.55 bits per heavy atom. The van der Waals surface area contributed by atoms with Crippen molar-refractivity contribution in [3.8, 4) is 0 Å². The lowest BCUT2D eigenvalue weighted by Crippen LogP contribution is -1.91. The standard InChI is InChI=1S/C8H14O3/c1-7(6-8(10)11)4-2-3-5-9/h6,9H,2-5H2,1H3,(H,10,11). The number of unbranched alkanes of at least 4 members (excludes halogenated alkanes) is 1. The first kappa shape index (κ1) is 10.2. The van der Waals surface area contributed by atoms with E-state index >= 15 is 0 Å². The quantitative estimate of drug-likeness (QED) is 0.466. The van der Waals surface area contributed by atoms with E-state index in [-0.39, 0.29) is 6.61 Å². The van der Waals surface area contributed by atoms with E-state index in [1.54, 1.807) is 6.92 Å². The molecule has 0 saturated carbocycles. The van der Waals surface area contributed by atoms with Crippen LogP contribution in [0.3, 0.4) is 0 Å². The van der Waals surface area contributed by atoms with Gasteiger partial charge in [0, 0.05) is 12.7 Å². The lowest BCUT2D eigenvalue weighted by molar-refractivity contribution is -0.131. The first-order chi connectivity index (χ1) is 5.16. The molecule has 0 aliphatic carbocycles. The lowest BCUT2D eigenvalue weighted by Gasteiger charge is -1.97. The molecule has 3 heteroatoms. The van der Waals surface area contributed by atoms with Crippen molar-refractivity contribution in [2.75, 3.05) is 6.61 Å². The SMILES string of the molecule is CC(=CC(=O)O)CCCCO. The predicted octanol–water partition coefficient (Wildman–Crippen LogP) is 1.18. The third-order valence-electron chi connectivity index (χ3n) is 1.35. The molecule has 64 valence electrons. The molecule has 0 aliphatic rings. The molecule has 3 nitrogen and oxygen atoms in total. The highest BCUT2D eigenvalue weighted by Gasteiger charge is 1.93. The van der Waals surface area contributed by atoms with Gasteiger partial charge in [0.25, 0.3) is 0 Å². The second-order valence-corrected chi connectivity index (χ2v) is 2.51. The van der Waals surface area contributed by atoms with Crippen LogP contribution in [0, 0.1) is 0 Å². The molecule has 0 unspecified atom stereocenters. The molecule has 0 amide bonds. The molecule has 0 fully saturated rings. The van der Waals surface area contributed by atoms with Gasteiger partial charge in [-0.2, -0.15) is 0 Å². The van der Waals surface area contributed by atoms with E-state index in [0.29, 0.717) is 0 Å². The molecule has 0 aliphatic heterocycles. The van der Waals surface area contributed by atoms with Crippen LogP contribution in [0.25, 0.3) is 0 Å². The van der Waals surface area contributed by atoms with Crippen LogP contribution in [0.2, 0.25) is 0 Å². The average Bonchev–Trinajstić information content (AvgIpc) is 1.86. The molecular formula is C8H14O3. The molecule has 0 radical (unpaired) electrons. The van der Waals surface area contributed by atoms with Gasteiger partial charge in [-0.3, -0.25) is 0 Å². The Balaban J connectivity index is 3.51. The summed E-state index contributed by atoms with van der Waals surface area (Å²) in [5, 5.41) is 16.7. The van der Waals surface area contributed by atoms with E-state index in [1.165, 1.54) is 6.08 Å². The molecule has 0 aromatic heterocycles. The van der Waals surface area contributed by atoms with E-state index in [4.69, 9.17) is 10.2 Å². The highest BCUT2D eigenvalue weighted by Crippen LogP contribution is 2.05. The van der Waals surface area contributed by atoms with Crippen LogP contribution < -0.4 is 0 Å². The Morgan fingerprint density at radius 2 is 2.09 bits per heavy atom. The molecule has 0 atom stereocenters. The number of aliphatic hydroxyl groups is 1. The van der Waals surface area contributed by atoms with E-state index in [2.05, 4.69) is 0 Å². The summed E-state index contributed by atoms with van der Waals surface area (Å²) in [6, 6.07) is 0. The van der Waals surface area contributed by atoms with Crippen LogP contribution >= 0.6 is 0 Å². The summed E-state index contributed by atoms with van der Waals surface area (Å²) in [5.41, 5.74) is 0.853. The van der Waals surface area contributed by atoms with Gasteiger partial charge < -0.3 is 10.2 Å².